The van der Waals surface area contributed by atoms with Crippen molar-refractivity contribution >= 4 is 11.9 Å². The van der Waals surface area contributed by atoms with Crippen LogP contribution >= 0.6 is 0 Å². The molecule has 2 rings (SSSR count). The summed E-state index contributed by atoms with van der Waals surface area (Å²) in [5.74, 6) is -0.766. The molecule has 5 nitrogen and oxygen atoms in total. The van der Waals surface area contributed by atoms with Crippen molar-refractivity contribution in [1.82, 2.24) is 9.88 Å². The molecule has 0 saturated heterocycles. The van der Waals surface area contributed by atoms with Crippen LogP contribution in [-0.4, -0.2) is 35.4 Å². The van der Waals surface area contributed by atoms with E-state index in [0.717, 1.165) is 5.56 Å². The molecule has 1 amide bonds. The van der Waals surface area contributed by atoms with Gasteiger partial charge in [-0.2, -0.15) is 0 Å². The number of benzene rings is 1. The van der Waals surface area contributed by atoms with Crippen molar-refractivity contribution in [3.63, 3.8) is 0 Å². The van der Waals surface area contributed by atoms with E-state index in [-0.39, 0.29) is 17.3 Å². The third kappa shape index (κ3) is 3.69. The van der Waals surface area contributed by atoms with Gasteiger partial charge in [-0.15, -0.1) is 0 Å². The maximum absolute atomic E-state index is 12.6. The summed E-state index contributed by atoms with van der Waals surface area (Å²) in [6.07, 6.45) is 0. The van der Waals surface area contributed by atoms with E-state index >= 15 is 0 Å². The Balaban J connectivity index is 2.19. The lowest BCUT2D eigenvalue weighted by Crippen LogP contribution is -2.31. The second kappa shape index (κ2) is 7.36. The molecular formula is C17H18N2O3. The molecular weight excluding hydrogens is 280 g/mol. The normalized spacial score (nSPS) is 10.1. The van der Waals surface area contributed by atoms with Gasteiger partial charge >= 0.3 is 5.97 Å². The van der Waals surface area contributed by atoms with Crippen LogP contribution in [0.15, 0.2) is 48.5 Å². The number of amides is 1. The lowest BCUT2D eigenvalue weighted by atomic mass is 10.2. The van der Waals surface area contributed by atoms with Crippen LogP contribution in [0, 0.1) is 0 Å². The van der Waals surface area contributed by atoms with E-state index < -0.39 is 5.97 Å². The van der Waals surface area contributed by atoms with Crippen LogP contribution in [0.25, 0.3) is 0 Å². The van der Waals surface area contributed by atoms with E-state index in [1.807, 2.05) is 37.3 Å². The minimum Gasteiger partial charge on any atom is -0.464 e. The molecule has 22 heavy (non-hydrogen) atoms. The van der Waals surface area contributed by atoms with E-state index in [2.05, 4.69) is 9.72 Å². The van der Waals surface area contributed by atoms with E-state index in [1.54, 1.807) is 17.0 Å². The topological polar surface area (TPSA) is 59.5 Å². The fraction of sp³-hybridized carbons (Fsp3) is 0.235. The molecule has 0 aliphatic rings. The summed E-state index contributed by atoms with van der Waals surface area (Å²) >= 11 is 0. The zero-order valence-electron chi connectivity index (χ0n) is 12.7. The molecule has 5 heteroatoms. The van der Waals surface area contributed by atoms with Crippen molar-refractivity contribution < 1.29 is 14.3 Å². The first-order chi connectivity index (χ1) is 10.7. The molecule has 1 heterocycles. The van der Waals surface area contributed by atoms with Gasteiger partial charge < -0.3 is 9.64 Å². The van der Waals surface area contributed by atoms with Crippen molar-refractivity contribution in [1.29, 1.82) is 0 Å². The van der Waals surface area contributed by atoms with Gasteiger partial charge in [-0.05, 0) is 24.6 Å². The summed E-state index contributed by atoms with van der Waals surface area (Å²) in [7, 11) is 1.28. The van der Waals surface area contributed by atoms with E-state index in [1.165, 1.54) is 13.2 Å². The van der Waals surface area contributed by atoms with Crippen molar-refractivity contribution in [2.24, 2.45) is 0 Å². The second-order valence-corrected chi connectivity index (χ2v) is 4.70. The minimum absolute atomic E-state index is 0.129. The highest BCUT2D eigenvalue weighted by molar-refractivity contribution is 5.94. The lowest BCUT2D eigenvalue weighted by molar-refractivity contribution is 0.0593. The van der Waals surface area contributed by atoms with Gasteiger partial charge in [0.15, 0.2) is 0 Å². The van der Waals surface area contributed by atoms with Gasteiger partial charge in [-0.3, -0.25) is 4.79 Å². The molecule has 0 spiro atoms. The molecule has 0 N–H and O–H groups in total. The van der Waals surface area contributed by atoms with Crippen molar-refractivity contribution in [2.75, 3.05) is 13.7 Å². The number of carbonyl (C=O) groups excluding carboxylic acids is 2. The average Bonchev–Trinajstić information content (AvgIpc) is 2.59. The van der Waals surface area contributed by atoms with Crippen LogP contribution in [-0.2, 0) is 11.3 Å². The number of esters is 1. The van der Waals surface area contributed by atoms with Crippen molar-refractivity contribution in [2.45, 2.75) is 13.5 Å². The Kier molecular flexibility index (Phi) is 5.25. The van der Waals surface area contributed by atoms with Crippen LogP contribution in [0.2, 0.25) is 0 Å². The maximum atomic E-state index is 12.6. The van der Waals surface area contributed by atoms with Crippen LogP contribution in [0.1, 0.15) is 33.5 Å². The molecule has 0 radical (unpaired) electrons. The Labute approximate surface area is 129 Å². The van der Waals surface area contributed by atoms with E-state index in [0.29, 0.717) is 13.1 Å². The summed E-state index contributed by atoms with van der Waals surface area (Å²) in [5.41, 5.74) is 1.41. The highest BCUT2D eigenvalue weighted by Gasteiger charge is 2.18. The molecule has 114 valence electrons. The molecule has 0 saturated carbocycles. The highest BCUT2D eigenvalue weighted by Crippen LogP contribution is 2.09. The zero-order chi connectivity index (χ0) is 15.9. The quantitative estimate of drug-likeness (QED) is 0.796. The largest absolute Gasteiger partial charge is 0.464 e. The van der Waals surface area contributed by atoms with Crippen molar-refractivity contribution in [3.8, 4) is 0 Å². The molecule has 0 aliphatic carbocycles. The van der Waals surface area contributed by atoms with Gasteiger partial charge in [-0.25, -0.2) is 9.78 Å². The van der Waals surface area contributed by atoms with E-state index in [9.17, 15) is 9.59 Å². The Morgan fingerprint density at radius 1 is 1.05 bits per heavy atom. The fourth-order valence-corrected chi connectivity index (χ4v) is 2.07. The van der Waals surface area contributed by atoms with Crippen LogP contribution in [0.3, 0.4) is 0 Å². The first-order valence-corrected chi connectivity index (χ1v) is 7.04. The zero-order valence-corrected chi connectivity index (χ0v) is 12.7. The molecule has 1 aromatic heterocycles. The van der Waals surface area contributed by atoms with Gasteiger partial charge in [0.2, 0.25) is 0 Å². The molecule has 0 aliphatic heterocycles. The Morgan fingerprint density at radius 3 is 2.36 bits per heavy atom. The van der Waals surface area contributed by atoms with Gasteiger partial charge in [0.05, 0.1) is 7.11 Å². The molecule has 0 bridgehead atoms. The third-order valence-corrected chi connectivity index (χ3v) is 3.25. The number of ether oxygens (including phenoxy) is 1. The number of pyridine rings is 1. The highest BCUT2D eigenvalue weighted by atomic mass is 16.5. The van der Waals surface area contributed by atoms with Crippen LogP contribution < -0.4 is 0 Å². The molecule has 2 aromatic rings. The SMILES string of the molecule is CCN(Cc1ccccc1)C(=O)c1cccc(C(=O)OC)n1. The fourth-order valence-electron chi connectivity index (χ4n) is 2.07. The standard InChI is InChI=1S/C17H18N2O3/c1-3-19(12-13-8-5-4-6-9-13)16(20)14-10-7-11-15(18-14)17(21)22-2/h4-11H,3,12H2,1-2H3. The van der Waals surface area contributed by atoms with Gasteiger partial charge in [0.25, 0.3) is 5.91 Å². The molecule has 0 unspecified atom stereocenters. The van der Waals surface area contributed by atoms with Gasteiger partial charge in [-0.1, -0.05) is 36.4 Å². The summed E-state index contributed by atoms with van der Waals surface area (Å²) < 4.78 is 4.63. The smallest absolute Gasteiger partial charge is 0.356 e. The van der Waals surface area contributed by atoms with Crippen molar-refractivity contribution in [3.05, 3.63) is 65.5 Å². The Bertz CT molecular complexity index is 656. The number of hydrogen-bond acceptors (Lipinski definition) is 4. The summed E-state index contributed by atoms with van der Waals surface area (Å²) in [6, 6.07) is 14.5. The summed E-state index contributed by atoms with van der Waals surface area (Å²) in [6.45, 7) is 2.96. The number of carbonyl (C=O) groups is 2. The molecule has 1 aromatic carbocycles. The number of aromatic nitrogens is 1. The first-order valence-electron chi connectivity index (χ1n) is 7.04. The van der Waals surface area contributed by atoms with E-state index in [4.69, 9.17) is 0 Å². The van der Waals surface area contributed by atoms with Crippen LogP contribution in [0.5, 0.6) is 0 Å². The van der Waals surface area contributed by atoms with Gasteiger partial charge in [0.1, 0.15) is 11.4 Å². The Morgan fingerprint density at radius 2 is 1.73 bits per heavy atom. The minimum atomic E-state index is -0.555. The number of hydrogen-bond donors (Lipinski definition) is 0. The first kappa shape index (κ1) is 15.7. The summed E-state index contributed by atoms with van der Waals surface area (Å²) in [5, 5.41) is 0. The predicted molar refractivity (Wildman–Crippen MR) is 82.4 cm³/mol. The number of nitrogens with zero attached hydrogens (tertiary/aromatic N) is 2. The number of rotatable bonds is 5. The van der Waals surface area contributed by atoms with Crippen LogP contribution in [0.4, 0.5) is 0 Å². The second-order valence-electron chi connectivity index (χ2n) is 4.70. The van der Waals surface area contributed by atoms with Gasteiger partial charge in [0, 0.05) is 13.1 Å². The monoisotopic (exact) mass is 298 g/mol. The molecule has 0 atom stereocenters. The lowest BCUT2D eigenvalue weighted by Gasteiger charge is -2.20. The Hall–Kier alpha value is -2.69. The third-order valence-electron chi connectivity index (χ3n) is 3.25. The maximum Gasteiger partial charge on any atom is 0.356 e. The number of methoxy groups -OCH3 is 1. The average molecular weight is 298 g/mol. The molecule has 0 fully saturated rings. The predicted octanol–water partition coefficient (Wildman–Crippen LogP) is 2.53. The summed E-state index contributed by atoms with van der Waals surface area (Å²) in [4.78, 5) is 29.8.